The van der Waals surface area contributed by atoms with Crippen molar-refractivity contribution >= 4 is 16.6 Å². The summed E-state index contributed by atoms with van der Waals surface area (Å²) in [5, 5.41) is 1.34. The van der Waals surface area contributed by atoms with E-state index in [1.54, 1.807) is 0 Å². The van der Waals surface area contributed by atoms with E-state index in [0.29, 0.717) is 0 Å². The largest absolute Gasteiger partial charge is 0.399 e. The SMILES string of the molecule is CC[n+]1ccc(C2CC2)c2cc(N)ccc21. The van der Waals surface area contributed by atoms with Crippen LogP contribution in [-0.4, -0.2) is 0 Å². The van der Waals surface area contributed by atoms with E-state index in [9.17, 15) is 0 Å². The molecule has 0 radical (unpaired) electrons. The van der Waals surface area contributed by atoms with Crippen LogP contribution in [0.15, 0.2) is 30.5 Å². The van der Waals surface area contributed by atoms with Gasteiger partial charge in [0.15, 0.2) is 6.20 Å². The highest BCUT2D eigenvalue weighted by Gasteiger charge is 2.27. The lowest BCUT2D eigenvalue weighted by Crippen LogP contribution is -2.32. The summed E-state index contributed by atoms with van der Waals surface area (Å²) in [6, 6.07) is 8.52. The molecule has 1 aliphatic carbocycles. The van der Waals surface area contributed by atoms with Crippen LogP contribution in [0.4, 0.5) is 5.69 Å². The van der Waals surface area contributed by atoms with Crippen molar-refractivity contribution in [1.82, 2.24) is 0 Å². The zero-order valence-corrected chi connectivity index (χ0v) is 9.61. The van der Waals surface area contributed by atoms with Crippen molar-refractivity contribution in [3.8, 4) is 0 Å². The Bertz CT molecular complexity index is 542. The summed E-state index contributed by atoms with van der Waals surface area (Å²) in [5.74, 6) is 0.774. The van der Waals surface area contributed by atoms with Crippen LogP contribution in [0.3, 0.4) is 0 Å². The molecule has 2 aromatic rings. The Morgan fingerprint density at radius 3 is 2.81 bits per heavy atom. The van der Waals surface area contributed by atoms with E-state index in [1.807, 2.05) is 6.07 Å². The first-order valence-electron chi connectivity index (χ1n) is 6.01. The van der Waals surface area contributed by atoms with Crippen LogP contribution in [0.1, 0.15) is 31.2 Å². The molecular formula is C14H17N2+. The summed E-state index contributed by atoms with van der Waals surface area (Å²) < 4.78 is 2.28. The number of anilines is 1. The highest BCUT2D eigenvalue weighted by atomic mass is 14.9. The second-order valence-electron chi connectivity index (χ2n) is 4.61. The number of nitrogen functional groups attached to an aromatic ring is 1. The molecule has 0 aliphatic heterocycles. The van der Waals surface area contributed by atoms with Crippen molar-refractivity contribution in [1.29, 1.82) is 0 Å². The van der Waals surface area contributed by atoms with Gasteiger partial charge < -0.3 is 5.73 Å². The maximum atomic E-state index is 5.90. The number of aromatic nitrogens is 1. The van der Waals surface area contributed by atoms with Crippen LogP contribution < -0.4 is 10.3 Å². The Hall–Kier alpha value is -1.57. The van der Waals surface area contributed by atoms with Crippen molar-refractivity contribution in [2.75, 3.05) is 5.73 Å². The molecule has 16 heavy (non-hydrogen) atoms. The van der Waals surface area contributed by atoms with Gasteiger partial charge in [0, 0.05) is 17.8 Å². The molecule has 1 fully saturated rings. The van der Waals surface area contributed by atoms with E-state index in [0.717, 1.165) is 18.2 Å². The summed E-state index contributed by atoms with van der Waals surface area (Å²) in [7, 11) is 0. The minimum absolute atomic E-state index is 0.774. The molecule has 2 nitrogen and oxygen atoms in total. The smallest absolute Gasteiger partial charge is 0.212 e. The maximum Gasteiger partial charge on any atom is 0.212 e. The average molecular weight is 213 g/mol. The van der Waals surface area contributed by atoms with Gasteiger partial charge in [0.25, 0.3) is 0 Å². The van der Waals surface area contributed by atoms with Crippen molar-refractivity contribution < 1.29 is 4.57 Å². The number of benzene rings is 1. The molecule has 1 aromatic carbocycles. The monoisotopic (exact) mass is 213 g/mol. The van der Waals surface area contributed by atoms with E-state index in [2.05, 4.69) is 35.9 Å². The van der Waals surface area contributed by atoms with Crippen LogP contribution in [0, 0.1) is 0 Å². The van der Waals surface area contributed by atoms with E-state index >= 15 is 0 Å². The van der Waals surface area contributed by atoms with Crippen molar-refractivity contribution in [3.63, 3.8) is 0 Å². The van der Waals surface area contributed by atoms with E-state index in [1.165, 1.54) is 29.3 Å². The number of fused-ring (bicyclic) bond motifs is 1. The Balaban J connectivity index is 2.31. The van der Waals surface area contributed by atoms with Gasteiger partial charge in [-0.15, -0.1) is 0 Å². The maximum absolute atomic E-state index is 5.90. The zero-order chi connectivity index (χ0) is 11.1. The third kappa shape index (κ3) is 1.45. The lowest BCUT2D eigenvalue weighted by Gasteiger charge is -2.05. The van der Waals surface area contributed by atoms with Crippen LogP contribution in [0.2, 0.25) is 0 Å². The lowest BCUT2D eigenvalue weighted by atomic mass is 10.0. The first-order chi connectivity index (χ1) is 7.79. The molecule has 1 aliphatic rings. The zero-order valence-electron chi connectivity index (χ0n) is 9.61. The lowest BCUT2D eigenvalue weighted by molar-refractivity contribution is -0.667. The fourth-order valence-electron chi connectivity index (χ4n) is 2.40. The fraction of sp³-hybridized carbons (Fsp3) is 0.357. The Morgan fingerprint density at radius 2 is 2.12 bits per heavy atom. The molecule has 0 amide bonds. The highest BCUT2D eigenvalue weighted by molar-refractivity contribution is 5.83. The summed E-state index contributed by atoms with van der Waals surface area (Å²) in [5.41, 5.74) is 9.54. The molecule has 82 valence electrons. The van der Waals surface area contributed by atoms with Gasteiger partial charge in [0.05, 0.1) is 5.39 Å². The minimum atomic E-state index is 0.774. The van der Waals surface area contributed by atoms with Gasteiger partial charge in [0.1, 0.15) is 6.54 Å². The third-order valence-electron chi connectivity index (χ3n) is 3.43. The molecular weight excluding hydrogens is 196 g/mol. The predicted octanol–water partition coefficient (Wildman–Crippen LogP) is 2.61. The fourth-order valence-corrected chi connectivity index (χ4v) is 2.40. The van der Waals surface area contributed by atoms with Crippen molar-refractivity contribution in [3.05, 3.63) is 36.0 Å². The van der Waals surface area contributed by atoms with Crippen LogP contribution >= 0.6 is 0 Å². The number of nitrogens with zero attached hydrogens (tertiary/aromatic N) is 1. The number of pyridine rings is 1. The van der Waals surface area contributed by atoms with E-state index in [-0.39, 0.29) is 0 Å². The number of nitrogens with two attached hydrogens (primary N) is 1. The van der Waals surface area contributed by atoms with E-state index < -0.39 is 0 Å². The molecule has 0 atom stereocenters. The van der Waals surface area contributed by atoms with Gasteiger partial charge in [-0.1, -0.05) is 0 Å². The molecule has 1 saturated carbocycles. The van der Waals surface area contributed by atoms with Crippen molar-refractivity contribution in [2.45, 2.75) is 32.2 Å². The molecule has 0 unspecified atom stereocenters. The van der Waals surface area contributed by atoms with E-state index in [4.69, 9.17) is 5.73 Å². The Labute approximate surface area is 95.7 Å². The summed E-state index contributed by atoms with van der Waals surface area (Å²) in [6.45, 7) is 3.18. The molecule has 1 heterocycles. The number of aryl methyl sites for hydroxylation is 1. The third-order valence-corrected chi connectivity index (χ3v) is 3.43. The number of hydrogen-bond acceptors (Lipinski definition) is 1. The molecule has 0 saturated heterocycles. The summed E-state index contributed by atoms with van der Waals surface area (Å²) in [6.07, 6.45) is 4.87. The summed E-state index contributed by atoms with van der Waals surface area (Å²) in [4.78, 5) is 0. The first kappa shape index (κ1) is 9.64. The second-order valence-corrected chi connectivity index (χ2v) is 4.61. The van der Waals surface area contributed by atoms with Gasteiger partial charge in [-0.3, -0.25) is 0 Å². The highest BCUT2D eigenvalue weighted by Crippen LogP contribution is 2.42. The molecule has 0 spiro atoms. The average Bonchev–Trinajstić information content (AvgIpc) is 3.11. The molecule has 3 rings (SSSR count). The molecule has 2 N–H and O–H groups in total. The Kier molecular flexibility index (Phi) is 2.10. The van der Waals surface area contributed by atoms with Gasteiger partial charge >= 0.3 is 0 Å². The van der Waals surface area contributed by atoms with Gasteiger partial charge in [-0.05, 0) is 43.4 Å². The van der Waals surface area contributed by atoms with Crippen LogP contribution in [0.5, 0.6) is 0 Å². The molecule has 2 heteroatoms. The Morgan fingerprint density at radius 1 is 1.31 bits per heavy atom. The normalized spacial score (nSPS) is 15.6. The van der Waals surface area contributed by atoms with Crippen LogP contribution in [-0.2, 0) is 6.54 Å². The van der Waals surface area contributed by atoms with Gasteiger partial charge in [-0.2, -0.15) is 4.57 Å². The van der Waals surface area contributed by atoms with Gasteiger partial charge in [0.2, 0.25) is 5.52 Å². The quantitative estimate of drug-likeness (QED) is 0.603. The minimum Gasteiger partial charge on any atom is -0.399 e. The summed E-state index contributed by atoms with van der Waals surface area (Å²) >= 11 is 0. The molecule has 0 bridgehead atoms. The topological polar surface area (TPSA) is 29.9 Å². The van der Waals surface area contributed by atoms with Crippen LogP contribution in [0.25, 0.3) is 10.9 Å². The second kappa shape index (κ2) is 3.48. The number of hydrogen-bond donors (Lipinski definition) is 1. The predicted molar refractivity (Wildman–Crippen MR) is 66.2 cm³/mol. The number of rotatable bonds is 2. The first-order valence-corrected chi connectivity index (χ1v) is 6.01. The molecule has 1 aromatic heterocycles. The standard InChI is InChI=1S/C14H17N2/c1-2-16-8-7-12(10-3-4-10)13-9-11(15)5-6-14(13)16/h5-10H,2-4,15H2,1H3/q+1. The van der Waals surface area contributed by atoms with Gasteiger partial charge in [-0.25, -0.2) is 0 Å². The van der Waals surface area contributed by atoms with Crippen molar-refractivity contribution in [2.24, 2.45) is 0 Å².